The molecule has 2 atom stereocenters. The maximum atomic E-state index is 15.2. The number of carbonyl (C=O) groups excluding carboxylic acids is 2. The first-order chi connectivity index (χ1) is 15.4. The molecule has 12 heteroatoms. The van der Waals surface area contributed by atoms with Crippen molar-refractivity contribution in [1.82, 2.24) is 20.5 Å². The Morgan fingerprint density at radius 2 is 2.06 bits per heavy atom. The number of hydrazine groups is 1. The zero-order valence-electron chi connectivity index (χ0n) is 17.8. The molecule has 0 bridgehead atoms. The maximum absolute atomic E-state index is 15.2. The number of amides is 2. The monoisotopic (exact) mass is 472 g/mol. The molecule has 2 heterocycles. The molecule has 2 fully saturated rings. The lowest BCUT2D eigenvalue weighted by Crippen LogP contribution is -2.41. The average molecular weight is 473 g/mol. The van der Waals surface area contributed by atoms with Crippen LogP contribution in [0.1, 0.15) is 51.4 Å². The van der Waals surface area contributed by atoms with Gasteiger partial charge >= 0.3 is 0 Å². The highest BCUT2D eigenvalue weighted by atomic mass is 35.5. The first kappa shape index (κ1) is 24.4. The predicted molar refractivity (Wildman–Crippen MR) is 115 cm³/mol. The predicted octanol–water partition coefficient (Wildman–Crippen LogP) is 2.11. The molecule has 1 aliphatic heterocycles. The van der Waals surface area contributed by atoms with Gasteiger partial charge in [0.1, 0.15) is 0 Å². The molecule has 1 aromatic heterocycles. The van der Waals surface area contributed by atoms with Crippen LogP contribution in [-0.2, 0) is 9.59 Å². The number of anilines is 2. The van der Waals surface area contributed by atoms with Crippen molar-refractivity contribution < 1.29 is 24.3 Å². The van der Waals surface area contributed by atoms with E-state index < -0.39 is 17.6 Å². The molecule has 1 aliphatic carbocycles. The summed E-state index contributed by atoms with van der Waals surface area (Å²) in [5.74, 6) is -1.85. The fourth-order valence-electron chi connectivity index (χ4n) is 4.65. The number of rotatable bonds is 11. The molecule has 10 nitrogen and oxygen atoms in total. The number of aliphatic hydroxyl groups excluding tert-OH is 1. The summed E-state index contributed by atoms with van der Waals surface area (Å²) >= 11 is 6.01. The van der Waals surface area contributed by atoms with Gasteiger partial charge in [-0.05, 0) is 43.2 Å². The van der Waals surface area contributed by atoms with Crippen molar-refractivity contribution in [3.63, 3.8) is 0 Å². The number of hydrogen-bond acceptors (Lipinski definition) is 8. The number of carbonyl (C=O) groups is 2. The minimum atomic E-state index is -0.761. The van der Waals surface area contributed by atoms with Gasteiger partial charge in [-0.2, -0.15) is 14.4 Å². The van der Waals surface area contributed by atoms with E-state index in [2.05, 4.69) is 20.8 Å². The quantitative estimate of drug-likeness (QED) is 0.167. The second-order valence-electron chi connectivity index (χ2n) is 8.41. The minimum Gasteiger partial charge on any atom is -0.396 e. The maximum Gasteiger partial charge on any atom is 0.243 e. The van der Waals surface area contributed by atoms with Gasteiger partial charge in [0.15, 0.2) is 11.6 Å². The average Bonchev–Trinajstić information content (AvgIpc) is 3.45. The van der Waals surface area contributed by atoms with E-state index in [1.165, 1.54) is 0 Å². The largest absolute Gasteiger partial charge is 0.396 e. The van der Waals surface area contributed by atoms with E-state index in [0.717, 1.165) is 38.5 Å². The molecule has 0 unspecified atom stereocenters. The number of nitrogens with zero attached hydrogens (tertiary/aromatic N) is 4. The fourth-order valence-corrected chi connectivity index (χ4v) is 4.81. The molecule has 178 valence electrons. The lowest BCUT2D eigenvalue weighted by molar-refractivity contribution is -0.154. The van der Waals surface area contributed by atoms with E-state index in [1.807, 2.05) is 0 Å². The Labute approximate surface area is 191 Å². The summed E-state index contributed by atoms with van der Waals surface area (Å²) in [6.45, 7) is 0.387. The van der Waals surface area contributed by atoms with Gasteiger partial charge in [-0.15, -0.1) is 0 Å². The van der Waals surface area contributed by atoms with Gasteiger partial charge in [0.2, 0.25) is 23.4 Å². The summed E-state index contributed by atoms with van der Waals surface area (Å²) in [6.07, 6.45) is 7.05. The molecular formula is C20H30ClFN6O4. The highest BCUT2D eigenvalue weighted by molar-refractivity contribution is 6.28. The molecule has 4 N–H and O–H groups in total. The zero-order valence-corrected chi connectivity index (χ0v) is 18.6. The molecule has 0 spiro atoms. The van der Waals surface area contributed by atoms with Crippen molar-refractivity contribution in [3.8, 4) is 0 Å². The van der Waals surface area contributed by atoms with E-state index in [1.54, 1.807) is 4.90 Å². The third-order valence-electron chi connectivity index (χ3n) is 6.21. The Bertz CT molecular complexity index is 798. The minimum absolute atomic E-state index is 0.0164. The van der Waals surface area contributed by atoms with E-state index in [4.69, 9.17) is 11.6 Å². The number of hydrogen-bond donors (Lipinski definition) is 4. The number of aliphatic hydroxyl groups is 1. The summed E-state index contributed by atoms with van der Waals surface area (Å²) in [4.78, 5) is 33.2. The molecule has 1 aromatic rings. The van der Waals surface area contributed by atoms with Gasteiger partial charge in [-0.3, -0.25) is 25.6 Å². The summed E-state index contributed by atoms with van der Waals surface area (Å²) in [5, 5.41) is 19.1. The summed E-state index contributed by atoms with van der Waals surface area (Å²) in [6, 6.07) is -0.0578. The molecular weight excluding hydrogens is 443 g/mol. The molecule has 2 aliphatic rings. The van der Waals surface area contributed by atoms with Crippen molar-refractivity contribution in [2.24, 2.45) is 11.8 Å². The third-order valence-corrected chi connectivity index (χ3v) is 6.38. The Kier molecular flexibility index (Phi) is 8.83. The summed E-state index contributed by atoms with van der Waals surface area (Å²) in [5.41, 5.74) is 4.92. The summed E-state index contributed by atoms with van der Waals surface area (Å²) < 4.78 is 15.2. The second kappa shape index (κ2) is 11.6. The van der Waals surface area contributed by atoms with Crippen LogP contribution in [0.25, 0.3) is 0 Å². The molecule has 32 heavy (non-hydrogen) atoms. The standard InChI is InChI=1S/C20H30ClFN6O4/c21-20-23-17(16(22)18(24-20)28-8-3-6-15(28)7-9-29)25-26-19(31)14(11-27(32)12-30)10-13-4-1-2-5-13/h12-15,29,32H,1-11H2,(H,26,31)(H,23,24,25)/t14-,15-/m0/s1. The van der Waals surface area contributed by atoms with Crippen LogP contribution >= 0.6 is 11.6 Å². The molecule has 1 saturated carbocycles. The van der Waals surface area contributed by atoms with Crippen LogP contribution in [0, 0.1) is 17.7 Å². The van der Waals surface area contributed by atoms with E-state index in [9.17, 15) is 19.9 Å². The first-order valence-electron chi connectivity index (χ1n) is 11.0. The Morgan fingerprint density at radius 1 is 1.31 bits per heavy atom. The normalized spacial score (nSPS) is 19.8. The van der Waals surface area contributed by atoms with Crippen molar-refractivity contribution in [2.45, 2.75) is 57.4 Å². The third kappa shape index (κ3) is 6.17. The van der Waals surface area contributed by atoms with Crippen LogP contribution in [0.15, 0.2) is 0 Å². The lowest BCUT2D eigenvalue weighted by Gasteiger charge is -2.26. The Hall–Kier alpha value is -2.24. The molecule has 2 amide bonds. The zero-order chi connectivity index (χ0) is 23.1. The van der Waals surface area contributed by atoms with E-state index in [0.29, 0.717) is 30.4 Å². The molecule has 1 saturated heterocycles. The van der Waals surface area contributed by atoms with Crippen LogP contribution in [0.3, 0.4) is 0 Å². The highest BCUT2D eigenvalue weighted by Crippen LogP contribution is 2.32. The van der Waals surface area contributed by atoms with Gasteiger partial charge < -0.3 is 10.0 Å². The van der Waals surface area contributed by atoms with Gasteiger partial charge in [-0.1, -0.05) is 25.7 Å². The number of halogens is 2. The van der Waals surface area contributed by atoms with Gasteiger partial charge in [0.05, 0.1) is 12.5 Å². The highest BCUT2D eigenvalue weighted by Gasteiger charge is 2.30. The van der Waals surface area contributed by atoms with Crippen LogP contribution in [0.4, 0.5) is 16.0 Å². The van der Waals surface area contributed by atoms with Gasteiger partial charge in [0.25, 0.3) is 0 Å². The smallest absolute Gasteiger partial charge is 0.243 e. The van der Waals surface area contributed by atoms with Crippen LogP contribution in [-0.4, -0.2) is 63.4 Å². The van der Waals surface area contributed by atoms with E-state index in [-0.39, 0.29) is 42.5 Å². The van der Waals surface area contributed by atoms with Crippen molar-refractivity contribution >= 4 is 35.6 Å². The molecule has 0 radical (unpaired) electrons. The number of aromatic nitrogens is 2. The van der Waals surface area contributed by atoms with E-state index >= 15 is 4.39 Å². The molecule has 3 rings (SSSR count). The number of hydroxylamine groups is 2. The van der Waals surface area contributed by atoms with Gasteiger partial charge in [-0.25, -0.2) is 5.06 Å². The van der Waals surface area contributed by atoms with Crippen molar-refractivity contribution in [2.75, 3.05) is 30.0 Å². The van der Waals surface area contributed by atoms with Gasteiger partial charge in [0, 0.05) is 19.2 Å². The van der Waals surface area contributed by atoms with Crippen LogP contribution in [0.2, 0.25) is 5.28 Å². The number of nitrogens with one attached hydrogen (secondary N) is 2. The van der Waals surface area contributed by atoms with Crippen molar-refractivity contribution in [1.29, 1.82) is 0 Å². The first-order valence-corrected chi connectivity index (χ1v) is 11.4. The fraction of sp³-hybridized carbons (Fsp3) is 0.700. The Balaban J connectivity index is 1.70. The van der Waals surface area contributed by atoms with Crippen LogP contribution in [0.5, 0.6) is 0 Å². The topological polar surface area (TPSA) is 131 Å². The SMILES string of the molecule is O=CN(O)C[C@H](CC1CCCC1)C(=O)NNc1nc(Cl)nc(N2CCC[C@H]2CCO)c1F. The van der Waals surface area contributed by atoms with Crippen molar-refractivity contribution in [3.05, 3.63) is 11.1 Å². The van der Waals surface area contributed by atoms with Crippen LogP contribution < -0.4 is 15.8 Å². The summed E-state index contributed by atoms with van der Waals surface area (Å²) in [7, 11) is 0. The molecule has 0 aromatic carbocycles. The lowest BCUT2D eigenvalue weighted by atomic mass is 9.92. The second-order valence-corrected chi connectivity index (χ2v) is 8.74. The Morgan fingerprint density at radius 3 is 2.75 bits per heavy atom.